The Hall–Kier alpha value is -3.10. The van der Waals surface area contributed by atoms with Crippen molar-refractivity contribution < 1.29 is 27.2 Å². The molecule has 0 aliphatic carbocycles. The largest absolute Gasteiger partial charge is 0.416 e. The zero-order valence-electron chi connectivity index (χ0n) is 18.2. The van der Waals surface area contributed by atoms with Crippen LogP contribution in [0.25, 0.3) is 0 Å². The van der Waals surface area contributed by atoms with E-state index in [4.69, 9.17) is 0 Å². The number of alkyl halides is 3. The number of benzene rings is 2. The third kappa shape index (κ3) is 4.96. The van der Waals surface area contributed by atoms with Crippen molar-refractivity contribution in [3.8, 4) is 0 Å². The molecule has 2 heterocycles. The van der Waals surface area contributed by atoms with Crippen molar-refractivity contribution in [2.75, 3.05) is 31.5 Å². The van der Waals surface area contributed by atoms with E-state index in [-0.39, 0.29) is 22.9 Å². The number of aryl methyl sites for hydroxylation is 1. The summed E-state index contributed by atoms with van der Waals surface area (Å²) in [4.78, 5) is 28.7. The van der Waals surface area contributed by atoms with E-state index in [0.29, 0.717) is 44.7 Å². The summed E-state index contributed by atoms with van der Waals surface area (Å²) in [6.07, 6.45) is -2.23. The van der Waals surface area contributed by atoms with Crippen molar-refractivity contribution in [1.29, 1.82) is 0 Å². The van der Waals surface area contributed by atoms with Gasteiger partial charge >= 0.3 is 12.2 Å². The molecular weight excluding hydrogens is 438 g/mol. The fourth-order valence-corrected chi connectivity index (χ4v) is 4.62. The van der Waals surface area contributed by atoms with Gasteiger partial charge in [-0.15, -0.1) is 0 Å². The lowest BCUT2D eigenvalue weighted by molar-refractivity contribution is -0.137. The van der Waals surface area contributed by atoms with E-state index in [1.54, 1.807) is 21.9 Å². The van der Waals surface area contributed by atoms with E-state index in [9.17, 15) is 27.2 Å². The molecule has 2 aliphatic rings. The van der Waals surface area contributed by atoms with Gasteiger partial charge in [-0.25, -0.2) is 9.18 Å². The summed E-state index contributed by atoms with van der Waals surface area (Å²) in [6, 6.07) is 8.48. The molecule has 0 bridgehead atoms. The van der Waals surface area contributed by atoms with Crippen LogP contribution in [-0.4, -0.2) is 47.9 Å². The highest BCUT2D eigenvalue weighted by atomic mass is 19.4. The van der Waals surface area contributed by atoms with E-state index in [2.05, 4.69) is 5.32 Å². The molecule has 33 heavy (non-hydrogen) atoms. The fourth-order valence-electron chi connectivity index (χ4n) is 4.62. The lowest BCUT2D eigenvalue weighted by atomic mass is 9.77. The third-order valence-corrected chi connectivity index (χ3v) is 6.65. The Morgan fingerprint density at radius 2 is 1.55 bits per heavy atom. The van der Waals surface area contributed by atoms with Crippen LogP contribution in [0.2, 0.25) is 0 Å². The molecule has 2 aromatic rings. The lowest BCUT2D eigenvalue weighted by Gasteiger charge is -2.39. The average Bonchev–Trinajstić information content (AvgIpc) is 3.19. The molecule has 2 aliphatic heterocycles. The number of likely N-dealkylation sites (tertiary alicyclic amines) is 2. The number of piperidine rings is 1. The molecule has 2 fully saturated rings. The minimum Gasteiger partial charge on any atom is -0.339 e. The summed E-state index contributed by atoms with van der Waals surface area (Å²) in [7, 11) is 0. The topological polar surface area (TPSA) is 52.7 Å². The van der Waals surface area contributed by atoms with Crippen LogP contribution in [0.15, 0.2) is 42.5 Å². The molecule has 176 valence electrons. The van der Waals surface area contributed by atoms with Crippen LogP contribution in [0.5, 0.6) is 0 Å². The van der Waals surface area contributed by atoms with Crippen LogP contribution < -0.4 is 5.32 Å². The number of halogens is 4. The highest BCUT2D eigenvalue weighted by Crippen LogP contribution is 2.41. The monoisotopic (exact) mass is 463 g/mol. The van der Waals surface area contributed by atoms with Crippen molar-refractivity contribution in [2.45, 2.75) is 32.4 Å². The second-order valence-electron chi connectivity index (χ2n) is 8.95. The van der Waals surface area contributed by atoms with Crippen LogP contribution in [0.1, 0.15) is 40.7 Å². The van der Waals surface area contributed by atoms with Gasteiger partial charge in [0.15, 0.2) is 0 Å². The first-order valence-electron chi connectivity index (χ1n) is 10.8. The summed E-state index contributed by atoms with van der Waals surface area (Å²) in [5.41, 5.74) is 0.315. The molecule has 0 unspecified atom stereocenters. The molecule has 1 N–H and O–H groups in total. The molecule has 0 atom stereocenters. The van der Waals surface area contributed by atoms with Crippen molar-refractivity contribution in [3.63, 3.8) is 0 Å². The van der Waals surface area contributed by atoms with Gasteiger partial charge in [0, 0.05) is 31.9 Å². The highest BCUT2D eigenvalue weighted by Gasteiger charge is 2.43. The second-order valence-corrected chi connectivity index (χ2v) is 8.95. The Labute approximate surface area is 189 Å². The Kier molecular flexibility index (Phi) is 6.07. The minimum atomic E-state index is -4.43. The SMILES string of the molecule is Cc1ccc(F)c(C(=O)N2CCC3(CCN(C(=O)Nc4ccc(C(F)(F)F)cc4)C3)CC2)c1. The molecule has 9 heteroatoms. The van der Waals surface area contributed by atoms with Gasteiger partial charge in [0.25, 0.3) is 5.91 Å². The quantitative estimate of drug-likeness (QED) is 0.614. The highest BCUT2D eigenvalue weighted by molar-refractivity contribution is 5.94. The molecule has 3 amide bonds. The van der Waals surface area contributed by atoms with Gasteiger partial charge in [0.2, 0.25) is 0 Å². The van der Waals surface area contributed by atoms with Crippen molar-refractivity contribution in [1.82, 2.24) is 9.80 Å². The number of amides is 3. The van der Waals surface area contributed by atoms with Gasteiger partial charge in [0.1, 0.15) is 5.82 Å². The number of carbonyl (C=O) groups excluding carboxylic acids is 2. The first-order valence-corrected chi connectivity index (χ1v) is 10.8. The molecule has 4 rings (SSSR count). The van der Waals surface area contributed by atoms with Crippen molar-refractivity contribution in [3.05, 3.63) is 65.0 Å². The van der Waals surface area contributed by atoms with E-state index in [1.165, 1.54) is 18.2 Å². The maximum absolute atomic E-state index is 14.1. The van der Waals surface area contributed by atoms with E-state index in [1.807, 2.05) is 6.92 Å². The first kappa shape index (κ1) is 23.1. The summed E-state index contributed by atoms with van der Waals surface area (Å²) in [5.74, 6) is -0.848. The number of hydrogen-bond acceptors (Lipinski definition) is 2. The summed E-state index contributed by atoms with van der Waals surface area (Å²) < 4.78 is 52.2. The normalized spacial score (nSPS) is 18.0. The number of anilines is 1. The predicted molar refractivity (Wildman–Crippen MR) is 115 cm³/mol. The Balaban J connectivity index is 1.33. The molecule has 0 saturated carbocycles. The summed E-state index contributed by atoms with van der Waals surface area (Å²) in [6.45, 7) is 3.83. The number of nitrogens with zero attached hydrogens (tertiary/aromatic N) is 2. The first-order chi connectivity index (χ1) is 15.6. The van der Waals surface area contributed by atoms with Crippen LogP contribution >= 0.6 is 0 Å². The van der Waals surface area contributed by atoms with Gasteiger partial charge in [-0.05, 0) is 68.0 Å². The van der Waals surface area contributed by atoms with Gasteiger partial charge in [-0.2, -0.15) is 13.2 Å². The standard InChI is InChI=1S/C24H25F4N3O2/c1-16-2-7-20(25)19(14-16)21(32)30-11-8-23(9-12-30)10-13-31(15-23)22(33)29-18-5-3-17(4-6-18)24(26,27)28/h2-7,14H,8-13,15H2,1H3,(H,29,33). The molecule has 0 radical (unpaired) electrons. The Morgan fingerprint density at radius 1 is 0.939 bits per heavy atom. The van der Waals surface area contributed by atoms with E-state index >= 15 is 0 Å². The average molecular weight is 463 g/mol. The van der Waals surface area contributed by atoms with E-state index < -0.39 is 17.6 Å². The number of urea groups is 1. The molecule has 5 nitrogen and oxygen atoms in total. The van der Waals surface area contributed by atoms with Gasteiger partial charge in [-0.3, -0.25) is 4.79 Å². The zero-order chi connectivity index (χ0) is 23.8. The number of hydrogen-bond donors (Lipinski definition) is 1. The molecule has 2 aromatic carbocycles. The van der Waals surface area contributed by atoms with Crippen LogP contribution in [0, 0.1) is 18.2 Å². The molecular formula is C24H25F4N3O2. The minimum absolute atomic E-state index is 0.0786. The molecule has 0 aromatic heterocycles. The van der Waals surface area contributed by atoms with Crippen LogP contribution in [0.3, 0.4) is 0 Å². The lowest BCUT2D eigenvalue weighted by Crippen LogP contribution is -2.45. The van der Waals surface area contributed by atoms with Crippen LogP contribution in [-0.2, 0) is 6.18 Å². The number of carbonyl (C=O) groups is 2. The van der Waals surface area contributed by atoms with Crippen molar-refractivity contribution >= 4 is 17.6 Å². The van der Waals surface area contributed by atoms with Gasteiger partial charge < -0.3 is 15.1 Å². The number of rotatable bonds is 2. The van der Waals surface area contributed by atoms with Crippen LogP contribution in [0.4, 0.5) is 28.0 Å². The maximum atomic E-state index is 14.1. The predicted octanol–water partition coefficient (Wildman–Crippen LogP) is 5.31. The van der Waals surface area contributed by atoms with Gasteiger partial charge in [-0.1, -0.05) is 11.6 Å². The fraction of sp³-hybridized carbons (Fsp3) is 0.417. The third-order valence-electron chi connectivity index (χ3n) is 6.65. The van der Waals surface area contributed by atoms with Crippen molar-refractivity contribution in [2.24, 2.45) is 5.41 Å². The Morgan fingerprint density at radius 3 is 2.15 bits per heavy atom. The molecule has 1 spiro atoms. The maximum Gasteiger partial charge on any atom is 0.416 e. The smallest absolute Gasteiger partial charge is 0.339 e. The summed E-state index contributed by atoms with van der Waals surface area (Å²) in [5, 5.41) is 2.66. The Bertz CT molecular complexity index is 1040. The molecule has 2 saturated heterocycles. The summed E-state index contributed by atoms with van der Waals surface area (Å²) >= 11 is 0. The zero-order valence-corrected chi connectivity index (χ0v) is 18.2. The second kappa shape index (κ2) is 8.68. The number of nitrogens with one attached hydrogen (secondary N) is 1. The van der Waals surface area contributed by atoms with E-state index in [0.717, 1.165) is 24.1 Å². The van der Waals surface area contributed by atoms with Gasteiger partial charge in [0.05, 0.1) is 11.1 Å².